The van der Waals surface area contributed by atoms with E-state index in [0.29, 0.717) is 0 Å². The molecule has 0 saturated heterocycles. The summed E-state index contributed by atoms with van der Waals surface area (Å²) in [5.41, 5.74) is -1.04. The van der Waals surface area contributed by atoms with Gasteiger partial charge in [0.1, 0.15) is 0 Å². The maximum atomic E-state index is 11.8. The Hall–Kier alpha value is 0.0600. The molecule has 0 fully saturated rings. The molecule has 7 heteroatoms. The van der Waals surface area contributed by atoms with Crippen molar-refractivity contribution < 1.29 is 17.2 Å². The second kappa shape index (κ2) is 3.85. The summed E-state index contributed by atoms with van der Waals surface area (Å²) in [5.74, 6) is -3.49. The molecular weight excluding hydrogens is 212 g/mol. The Morgan fingerprint density at radius 3 is 2.17 bits per heavy atom. The molecular formula is C5H10ClF2NO2S. The van der Waals surface area contributed by atoms with Crippen molar-refractivity contribution in [2.24, 2.45) is 0 Å². The SMILES string of the molecule is CC(C)(CCl)NS(=O)(=O)C(F)F. The summed E-state index contributed by atoms with van der Waals surface area (Å²) in [6, 6.07) is 0. The molecule has 0 aliphatic carbocycles. The maximum absolute atomic E-state index is 11.8. The van der Waals surface area contributed by atoms with E-state index in [1.807, 2.05) is 0 Å². The predicted molar refractivity (Wildman–Crippen MR) is 42.9 cm³/mol. The zero-order valence-electron chi connectivity index (χ0n) is 6.64. The average molecular weight is 222 g/mol. The molecule has 0 aromatic carbocycles. The Bertz CT molecular complexity index is 240. The van der Waals surface area contributed by atoms with E-state index in [2.05, 4.69) is 0 Å². The first-order valence-electron chi connectivity index (χ1n) is 3.08. The second-order valence-corrected chi connectivity index (χ2v) is 4.84. The van der Waals surface area contributed by atoms with Crippen LogP contribution in [0.5, 0.6) is 0 Å². The molecule has 0 unspecified atom stereocenters. The molecule has 0 atom stereocenters. The first-order chi connectivity index (χ1) is 5.21. The molecule has 12 heavy (non-hydrogen) atoms. The van der Waals surface area contributed by atoms with Crippen LogP contribution in [-0.4, -0.2) is 25.6 Å². The first kappa shape index (κ1) is 12.1. The van der Waals surface area contributed by atoms with Gasteiger partial charge in [0.25, 0.3) is 10.0 Å². The van der Waals surface area contributed by atoms with Crippen molar-refractivity contribution in [3.63, 3.8) is 0 Å². The van der Waals surface area contributed by atoms with Crippen LogP contribution in [0, 0.1) is 0 Å². The Morgan fingerprint density at radius 1 is 1.50 bits per heavy atom. The molecule has 0 rings (SSSR count). The fourth-order valence-electron chi connectivity index (χ4n) is 0.457. The van der Waals surface area contributed by atoms with Crippen LogP contribution in [0.4, 0.5) is 8.78 Å². The lowest BCUT2D eigenvalue weighted by Crippen LogP contribution is -2.46. The Balaban J connectivity index is 4.47. The highest BCUT2D eigenvalue weighted by Crippen LogP contribution is 2.10. The van der Waals surface area contributed by atoms with Crippen molar-refractivity contribution in [2.45, 2.75) is 25.1 Å². The van der Waals surface area contributed by atoms with Crippen molar-refractivity contribution in [1.82, 2.24) is 4.72 Å². The summed E-state index contributed by atoms with van der Waals surface area (Å²) in [7, 11) is -4.54. The van der Waals surface area contributed by atoms with Gasteiger partial charge >= 0.3 is 5.76 Å². The Morgan fingerprint density at radius 2 is 1.92 bits per heavy atom. The zero-order valence-corrected chi connectivity index (χ0v) is 8.22. The molecule has 3 nitrogen and oxygen atoms in total. The van der Waals surface area contributed by atoms with Gasteiger partial charge in [-0.1, -0.05) is 0 Å². The third kappa shape index (κ3) is 3.64. The number of rotatable bonds is 4. The molecule has 0 bridgehead atoms. The van der Waals surface area contributed by atoms with Crippen LogP contribution in [0.2, 0.25) is 0 Å². The molecule has 1 N–H and O–H groups in total. The summed E-state index contributed by atoms with van der Waals surface area (Å²) in [6.45, 7) is 2.83. The zero-order chi connectivity index (χ0) is 9.99. The topological polar surface area (TPSA) is 46.2 Å². The van der Waals surface area contributed by atoms with Crippen LogP contribution >= 0.6 is 11.6 Å². The molecule has 74 valence electrons. The first-order valence-corrected chi connectivity index (χ1v) is 5.16. The minimum atomic E-state index is -4.54. The summed E-state index contributed by atoms with van der Waals surface area (Å²) >= 11 is 5.33. The highest BCUT2D eigenvalue weighted by atomic mass is 35.5. The van der Waals surface area contributed by atoms with Crippen LogP contribution < -0.4 is 4.72 Å². The number of hydrogen-bond donors (Lipinski definition) is 1. The number of hydrogen-bond acceptors (Lipinski definition) is 2. The Labute approximate surface area is 75.1 Å². The van der Waals surface area contributed by atoms with Gasteiger partial charge in [-0.05, 0) is 13.8 Å². The molecule has 0 spiro atoms. The monoisotopic (exact) mass is 221 g/mol. The van der Waals surface area contributed by atoms with Crippen LogP contribution in [0.3, 0.4) is 0 Å². The largest absolute Gasteiger partial charge is 0.350 e. The summed E-state index contributed by atoms with van der Waals surface area (Å²) < 4.78 is 46.5. The second-order valence-electron chi connectivity index (χ2n) is 2.93. The number of sulfonamides is 1. The van der Waals surface area contributed by atoms with Gasteiger partial charge in [-0.25, -0.2) is 13.1 Å². The van der Waals surface area contributed by atoms with E-state index in [0.717, 1.165) is 0 Å². The number of alkyl halides is 3. The van der Waals surface area contributed by atoms with Gasteiger partial charge in [-0.3, -0.25) is 0 Å². The lowest BCUT2D eigenvalue weighted by Gasteiger charge is -2.22. The van der Waals surface area contributed by atoms with Gasteiger partial charge in [0, 0.05) is 11.4 Å². The third-order valence-electron chi connectivity index (χ3n) is 0.987. The van der Waals surface area contributed by atoms with Crippen LogP contribution in [0.25, 0.3) is 0 Å². The summed E-state index contributed by atoms with van der Waals surface area (Å²) in [6.07, 6.45) is 0. The average Bonchev–Trinajstić information content (AvgIpc) is 1.85. The Kier molecular flexibility index (Phi) is 3.87. The van der Waals surface area contributed by atoms with Gasteiger partial charge in [0.15, 0.2) is 0 Å². The van der Waals surface area contributed by atoms with Gasteiger partial charge in [0.2, 0.25) is 0 Å². The van der Waals surface area contributed by atoms with Gasteiger partial charge in [-0.2, -0.15) is 8.78 Å². The third-order valence-corrected chi connectivity index (χ3v) is 2.96. The van der Waals surface area contributed by atoms with Gasteiger partial charge in [-0.15, -0.1) is 11.6 Å². The van der Waals surface area contributed by atoms with E-state index in [1.54, 1.807) is 4.72 Å². The number of halogens is 3. The van der Waals surface area contributed by atoms with Crippen LogP contribution in [0.15, 0.2) is 0 Å². The molecule has 0 radical (unpaired) electrons. The lowest BCUT2D eigenvalue weighted by molar-refractivity contribution is 0.230. The summed E-state index contributed by atoms with van der Waals surface area (Å²) in [4.78, 5) is 0. The van der Waals surface area contributed by atoms with E-state index in [-0.39, 0.29) is 5.88 Å². The van der Waals surface area contributed by atoms with Crippen molar-refractivity contribution >= 4 is 21.6 Å². The summed E-state index contributed by atoms with van der Waals surface area (Å²) in [5, 5.41) is 0. The van der Waals surface area contributed by atoms with E-state index < -0.39 is 21.3 Å². The minimum Gasteiger partial charge on any atom is -0.206 e. The minimum absolute atomic E-state index is 0.0705. The quantitative estimate of drug-likeness (QED) is 0.724. The van der Waals surface area contributed by atoms with Gasteiger partial charge in [0.05, 0.1) is 0 Å². The van der Waals surface area contributed by atoms with Crippen LogP contribution in [-0.2, 0) is 10.0 Å². The molecule has 0 aromatic rings. The predicted octanol–water partition coefficient (Wildman–Crippen LogP) is 1.15. The molecule has 0 aliphatic rings. The van der Waals surface area contributed by atoms with Crippen LogP contribution in [0.1, 0.15) is 13.8 Å². The molecule has 0 aliphatic heterocycles. The molecule has 0 heterocycles. The smallest absolute Gasteiger partial charge is 0.206 e. The standard InChI is InChI=1S/C5H10ClF2NO2S/c1-5(2,3-6)9-12(10,11)4(7)8/h4,9H,3H2,1-2H3. The van der Waals surface area contributed by atoms with Crippen molar-refractivity contribution in [1.29, 1.82) is 0 Å². The molecule has 0 amide bonds. The van der Waals surface area contributed by atoms with E-state index in [4.69, 9.17) is 11.6 Å². The van der Waals surface area contributed by atoms with Gasteiger partial charge < -0.3 is 0 Å². The highest BCUT2D eigenvalue weighted by Gasteiger charge is 2.30. The number of nitrogens with one attached hydrogen (secondary N) is 1. The van der Waals surface area contributed by atoms with E-state index in [1.165, 1.54) is 13.8 Å². The van der Waals surface area contributed by atoms with E-state index in [9.17, 15) is 17.2 Å². The highest BCUT2D eigenvalue weighted by molar-refractivity contribution is 7.89. The van der Waals surface area contributed by atoms with Crippen molar-refractivity contribution in [3.8, 4) is 0 Å². The fraction of sp³-hybridized carbons (Fsp3) is 1.00. The van der Waals surface area contributed by atoms with E-state index >= 15 is 0 Å². The fourth-order valence-corrected chi connectivity index (χ4v) is 1.53. The lowest BCUT2D eigenvalue weighted by atomic mass is 10.1. The van der Waals surface area contributed by atoms with Crippen molar-refractivity contribution in [3.05, 3.63) is 0 Å². The van der Waals surface area contributed by atoms with Crippen molar-refractivity contribution in [2.75, 3.05) is 5.88 Å². The maximum Gasteiger partial charge on any atom is 0.350 e. The normalized spacial score (nSPS) is 13.8. The molecule has 0 aromatic heterocycles. The molecule has 0 saturated carbocycles.